The van der Waals surface area contributed by atoms with Crippen LogP contribution in [0.2, 0.25) is 10.0 Å². The summed E-state index contributed by atoms with van der Waals surface area (Å²) in [7, 11) is 3.52. The van der Waals surface area contributed by atoms with Crippen molar-refractivity contribution < 1.29 is 18.9 Å². The molecule has 2 amide bonds. The van der Waals surface area contributed by atoms with Crippen LogP contribution in [-0.2, 0) is 33.0 Å². The summed E-state index contributed by atoms with van der Waals surface area (Å²) in [5.74, 6) is 0.831. The lowest BCUT2D eigenvalue weighted by Crippen LogP contribution is -2.66. The van der Waals surface area contributed by atoms with Crippen LogP contribution in [-0.4, -0.2) is 123 Å². The van der Waals surface area contributed by atoms with Crippen molar-refractivity contribution in [1.29, 1.82) is 0 Å². The maximum absolute atomic E-state index is 12.5. The van der Waals surface area contributed by atoms with Gasteiger partial charge in [-0.05, 0) is 91.5 Å². The fraction of sp³-hybridized carbons (Fsp3) is 0.423. The molecule has 5 saturated heterocycles. The van der Waals surface area contributed by atoms with Crippen LogP contribution in [0.4, 0.5) is 23.0 Å². The van der Waals surface area contributed by atoms with E-state index in [2.05, 4.69) is 143 Å². The molecule has 0 bridgehead atoms. The summed E-state index contributed by atoms with van der Waals surface area (Å²) in [5, 5.41) is 22.1. The summed E-state index contributed by atoms with van der Waals surface area (Å²) in [6, 6.07) is 16.6. The minimum Gasteiger partial charge on any atom is -0.399 e. The van der Waals surface area contributed by atoms with Gasteiger partial charge in [-0.2, -0.15) is 10.2 Å². The number of nitrogens with two attached hydrogens (primary N) is 2. The van der Waals surface area contributed by atoms with E-state index in [0.717, 1.165) is 93.7 Å². The highest BCUT2D eigenvalue weighted by Gasteiger charge is 2.52. The van der Waals surface area contributed by atoms with Crippen LogP contribution in [0, 0.1) is 0 Å². The molecule has 0 radical (unpaired) electrons. The van der Waals surface area contributed by atoms with E-state index < -0.39 is 11.1 Å². The van der Waals surface area contributed by atoms with Gasteiger partial charge in [-0.15, -0.1) is 0 Å². The summed E-state index contributed by atoms with van der Waals surface area (Å²) < 4.78 is 16.5. The van der Waals surface area contributed by atoms with Crippen LogP contribution in [0.3, 0.4) is 0 Å². The van der Waals surface area contributed by atoms with Gasteiger partial charge in [0.05, 0.1) is 39.4 Å². The number of piperazine rings is 2. The predicted octanol–water partition coefficient (Wildman–Crippen LogP) is 5.97. The highest BCUT2D eigenvalue weighted by molar-refractivity contribution is 9.10. The highest BCUT2D eigenvalue weighted by Crippen LogP contribution is 2.43. The van der Waals surface area contributed by atoms with Crippen molar-refractivity contribution in [2.24, 2.45) is 14.1 Å². The van der Waals surface area contributed by atoms with Gasteiger partial charge in [0.1, 0.15) is 32.8 Å². The zero-order chi connectivity index (χ0) is 52.6. The van der Waals surface area contributed by atoms with E-state index in [0.29, 0.717) is 60.7 Å². The molecule has 0 unspecified atom stereocenters. The first kappa shape index (κ1) is 53.1. The molecule has 18 nitrogen and oxygen atoms in total. The number of aromatic nitrogens is 6. The Balaban J connectivity index is 0.000000141. The average Bonchev–Trinajstić information content (AvgIpc) is 4.10. The first-order valence-corrected chi connectivity index (χ1v) is 26.5. The van der Waals surface area contributed by atoms with Crippen LogP contribution in [0.15, 0.2) is 90.2 Å². The molecule has 0 saturated carbocycles. The SMILES string of the molecule is Cn1cc(-c2ccc(-c3cnc(N)c(Cl)c3N3CCC4(CC3)NCCNC4=O)cc2)cn1.Cn1cc(-c2ccc(B3OC(C)(C)C(C)(C)O3)cc2)cn1.Nc1ncc(Br)c(N2CCC3(CC2)NCCNC3=O)c1Cl. The molecule has 5 fully saturated rings. The van der Waals surface area contributed by atoms with Gasteiger partial charge < -0.3 is 51.8 Å². The molecule has 5 aliphatic rings. The molecule has 2 aromatic carbocycles. The van der Waals surface area contributed by atoms with E-state index >= 15 is 0 Å². The van der Waals surface area contributed by atoms with Gasteiger partial charge in [-0.3, -0.25) is 19.0 Å². The molecule has 0 aliphatic carbocycles. The van der Waals surface area contributed by atoms with Crippen LogP contribution in [0.5, 0.6) is 0 Å². The zero-order valence-electron chi connectivity index (χ0n) is 42.6. The van der Waals surface area contributed by atoms with Crippen molar-refractivity contribution in [3.8, 4) is 33.4 Å². The summed E-state index contributed by atoms with van der Waals surface area (Å²) in [4.78, 5) is 37.4. The lowest BCUT2D eigenvalue weighted by Gasteiger charge is -2.44. The Morgan fingerprint density at radius 1 is 0.595 bits per heavy atom. The van der Waals surface area contributed by atoms with Gasteiger partial charge in [0.2, 0.25) is 11.8 Å². The Morgan fingerprint density at radius 3 is 1.46 bits per heavy atom. The number of hydrogen-bond acceptors (Lipinski definition) is 14. The van der Waals surface area contributed by atoms with Gasteiger partial charge in [-0.25, -0.2) is 9.97 Å². The van der Waals surface area contributed by atoms with E-state index in [4.69, 9.17) is 44.0 Å². The molecule has 22 heteroatoms. The number of nitrogen functional groups attached to an aromatic ring is 2. The normalized spacial score (nSPS) is 19.6. The summed E-state index contributed by atoms with van der Waals surface area (Å²) >= 11 is 16.4. The van der Waals surface area contributed by atoms with Gasteiger partial charge in [0.15, 0.2) is 0 Å². The van der Waals surface area contributed by atoms with E-state index in [1.54, 1.807) is 21.8 Å². The van der Waals surface area contributed by atoms with Crippen LogP contribution >= 0.6 is 39.1 Å². The minimum absolute atomic E-state index is 0.0925. The second kappa shape index (κ2) is 21.5. The summed E-state index contributed by atoms with van der Waals surface area (Å²) in [6.45, 7) is 14.1. The number of carbonyl (C=O) groups is 2. The number of anilines is 4. The van der Waals surface area contributed by atoms with E-state index in [9.17, 15) is 9.59 Å². The van der Waals surface area contributed by atoms with Crippen molar-refractivity contribution in [1.82, 2.24) is 50.8 Å². The lowest BCUT2D eigenvalue weighted by molar-refractivity contribution is -0.130. The van der Waals surface area contributed by atoms with Crippen LogP contribution < -0.4 is 48.0 Å². The quantitative estimate of drug-likeness (QED) is 0.106. The topological polar surface area (TPSA) is 221 Å². The Hall–Kier alpha value is -5.74. The molecular formula is C52H64BBrCl2N14O4. The van der Waals surface area contributed by atoms with Gasteiger partial charge in [-0.1, -0.05) is 71.7 Å². The van der Waals surface area contributed by atoms with Crippen molar-refractivity contribution >= 4 is 86.5 Å². The Labute approximate surface area is 450 Å². The van der Waals surface area contributed by atoms with Crippen molar-refractivity contribution in [3.63, 3.8) is 0 Å². The smallest absolute Gasteiger partial charge is 0.399 e. The van der Waals surface area contributed by atoms with Crippen molar-refractivity contribution in [2.45, 2.75) is 75.7 Å². The monoisotopic (exact) mass is 1110 g/mol. The number of piperidine rings is 2. The maximum Gasteiger partial charge on any atom is 0.494 e. The summed E-state index contributed by atoms with van der Waals surface area (Å²) in [5.41, 5.74) is 19.4. The maximum atomic E-state index is 12.5. The number of halogens is 3. The number of rotatable bonds is 6. The number of hydrogen-bond donors (Lipinski definition) is 6. The predicted molar refractivity (Wildman–Crippen MR) is 297 cm³/mol. The van der Waals surface area contributed by atoms with Gasteiger partial charge >= 0.3 is 7.12 Å². The molecule has 390 valence electrons. The average molecular weight is 1110 g/mol. The molecular weight excluding hydrogens is 1050 g/mol. The molecule has 9 heterocycles. The van der Waals surface area contributed by atoms with E-state index in [-0.39, 0.29) is 30.1 Å². The second-order valence-corrected chi connectivity index (χ2v) is 22.1. The second-order valence-electron chi connectivity index (χ2n) is 20.5. The molecule has 5 aliphatic heterocycles. The number of carbonyl (C=O) groups excluding carboxylic acids is 2. The lowest BCUT2D eigenvalue weighted by atomic mass is 9.78. The third kappa shape index (κ3) is 10.9. The van der Waals surface area contributed by atoms with E-state index in [1.165, 1.54) is 0 Å². The van der Waals surface area contributed by atoms with E-state index in [1.807, 2.05) is 38.9 Å². The molecule has 11 rings (SSSR count). The minimum atomic E-state index is -0.495. The Bertz CT molecular complexity index is 2980. The first-order chi connectivity index (χ1) is 35.3. The molecule has 74 heavy (non-hydrogen) atoms. The molecule has 0 atom stereocenters. The number of nitrogens with one attached hydrogen (secondary N) is 4. The molecule has 2 spiro atoms. The van der Waals surface area contributed by atoms with Gasteiger partial charge in [0.25, 0.3) is 0 Å². The standard InChI is InChI=1S/C23H26ClN7O.C16H21BN2O2.C13H17BrClN5O/c1-30-14-17(12-29-30)15-2-4-16(5-3-15)18-13-27-21(25)19(24)20(18)31-10-6-23(7-11-31)22(32)26-8-9-28-23;1-15(2)16(3,4)21-17(20-15)14-8-6-12(7-9-14)13-10-18-19(5)11-13;14-8-7-18-11(16)9(15)10(8)20-5-1-13(2-6-20)12(21)17-3-4-19-13/h2-5,12-14,28H,6-11H2,1H3,(H2,25,27)(H,26,32);6-11H,1-5H3;7,19H,1-6H2,(H2,16,18)(H,17,21). The highest BCUT2D eigenvalue weighted by atomic mass is 79.9. The fourth-order valence-corrected chi connectivity index (χ4v) is 11.3. The third-order valence-corrected chi connectivity index (χ3v) is 16.5. The Morgan fingerprint density at radius 2 is 1.01 bits per heavy atom. The molecule has 8 N–H and O–H groups in total. The summed E-state index contributed by atoms with van der Waals surface area (Å²) in [6.07, 6.45) is 14.0. The molecule has 4 aromatic heterocycles. The third-order valence-electron chi connectivity index (χ3n) is 15.2. The number of amides is 2. The number of nitrogens with zero attached hydrogens (tertiary/aromatic N) is 8. The number of benzene rings is 2. The number of pyridine rings is 2. The van der Waals surface area contributed by atoms with Gasteiger partial charge in [0, 0.05) is 108 Å². The Kier molecular flexibility index (Phi) is 15.4. The largest absolute Gasteiger partial charge is 0.494 e. The van der Waals surface area contributed by atoms with Crippen LogP contribution in [0.25, 0.3) is 33.4 Å². The fourth-order valence-electron chi connectivity index (χ4n) is 10.1. The zero-order valence-corrected chi connectivity index (χ0v) is 45.7. The molecule has 6 aromatic rings. The van der Waals surface area contributed by atoms with Crippen molar-refractivity contribution in [3.05, 3.63) is 100 Å². The van der Waals surface area contributed by atoms with Crippen molar-refractivity contribution in [2.75, 3.05) is 73.6 Å². The van der Waals surface area contributed by atoms with Crippen LogP contribution in [0.1, 0.15) is 53.4 Å². The number of aryl methyl sites for hydroxylation is 2. The first-order valence-electron chi connectivity index (χ1n) is 24.9.